The molecule has 1 saturated heterocycles. The number of rotatable bonds is 3. The lowest BCUT2D eigenvalue weighted by atomic mass is 9.86. The Bertz CT molecular complexity index is 491. The highest BCUT2D eigenvalue weighted by atomic mass is 16.4. The van der Waals surface area contributed by atoms with Crippen LogP contribution in [0, 0.1) is 5.92 Å². The molecule has 2 rings (SSSR count). The van der Waals surface area contributed by atoms with Crippen LogP contribution in [0.15, 0.2) is 24.3 Å². The smallest absolute Gasteiger partial charge is 0.303 e. The number of nitrogens with zero attached hydrogens (tertiary/aromatic N) is 1. The quantitative estimate of drug-likeness (QED) is 0.898. The van der Waals surface area contributed by atoms with Crippen LogP contribution < -0.4 is 10.6 Å². The lowest BCUT2D eigenvalue weighted by Gasteiger charge is -2.37. The van der Waals surface area contributed by atoms with Gasteiger partial charge in [0.05, 0.1) is 0 Å². The molecule has 1 heterocycles. The van der Waals surface area contributed by atoms with Gasteiger partial charge in [0.15, 0.2) is 0 Å². The summed E-state index contributed by atoms with van der Waals surface area (Å²) in [6.45, 7) is 8.16. The fourth-order valence-electron chi connectivity index (χ4n) is 3.02. The van der Waals surface area contributed by atoms with Gasteiger partial charge in [-0.1, -0.05) is 32.9 Å². The number of hydrogen-bond donors (Lipinski definition) is 2. The Morgan fingerprint density at radius 1 is 1.29 bits per heavy atom. The molecule has 116 valence electrons. The Labute approximate surface area is 126 Å². The molecule has 0 saturated carbocycles. The Morgan fingerprint density at radius 2 is 1.90 bits per heavy atom. The fourth-order valence-corrected chi connectivity index (χ4v) is 3.02. The van der Waals surface area contributed by atoms with Crippen molar-refractivity contribution in [2.24, 2.45) is 11.7 Å². The van der Waals surface area contributed by atoms with Gasteiger partial charge in [-0.25, -0.2) is 0 Å². The molecule has 2 unspecified atom stereocenters. The van der Waals surface area contributed by atoms with Gasteiger partial charge in [0.1, 0.15) is 0 Å². The molecule has 1 aromatic rings. The van der Waals surface area contributed by atoms with Crippen molar-refractivity contribution in [1.29, 1.82) is 0 Å². The first-order valence-corrected chi connectivity index (χ1v) is 7.58. The van der Waals surface area contributed by atoms with Gasteiger partial charge in [-0.2, -0.15) is 0 Å². The zero-order valence-electron chi connectivity index (χ0n) is 13.2. The molecule has 0 aromatic heterocycles. The molecule has 0 aliphatic carbocycles. The van der Waals surface area contributed by atoms with Gasteiger partial charge in [0.25, 0.3) is 0 Å². The van der Waals surface area contributed by atoms with Crippen LogP contribution in [0.3, 0.4) is 0 Å². The minimum absolute atomic E-state index is 0.0467. The number of piperidine rings is 1. The number of carbonyl (C=O) groups is 1. The maximum Gasteiger partial charge on any atom is 0.303 e. The second-order valence-corrected chi connectivity index (χ2v) is 7.16. The van der Waals surface area contributed by atoms with E-state index < -0.39 is 5.97 Å². The van der Waals surface area contributed by atoms with Crippen molar-refractivity contribution < 1.29 is 9.90 Å². The van der Waals surface area contributed by atoms with Crippen molar-refractivity contribution in [2.75, 3.05) is 18.0 Å². The summed E-state index contributed by atoms with van der Waals surface area (Å²) in [4.78, 5) is 13.1. The number of carboxylic acids is 1. The van der Waals surface area contributed by atoms with Crippen molar-refractivity contribution in [3.05, 3.63) is 29.8 Å². The first-order chi connectivity index (χ1) is 9.75. The maximum absolute atomic E-state index is 10.9. The van der Waals surface area contributed by atoms with Crippen LogP contribution in [-0.2, 0) is 10.2 Å². The number of carboxylic acid groups (broad SMARTS) is 1. The molecule has 0 bridgehead atoms. The molecule has 0 amide bonds. The van der Waals surface area contributed by atoms with Crippen LogP contribution in [0.4, 0.5) is 5.69 Å². The lowest BCUT2D eigenvalue weighted by Crippen LogP contribution is -2.47. The highest BCUT2D eigenvalue weighted by Crippen LogP contribution is 2.28. The lowest BCUT2D eigenvalue weighted by molar-refractivity contribution is -0.138. The summed E-state index contributed by atoms with van der Waals surface area (Å²) in [7, 11) is 0. The zero-order chi connectivity index (χ0) is 15.6. The molecular weight excluding hydrogens is 264 g/mol. The van der Waals surface area contributed by atoms with Gasteiger partial charge in [-0.3, -0.25) is 4.79 Å². The molecule has 0 radical (unpaired) electrons. The standard InChI is InChI=1S/C17H26N2O2/c1-17(2,3)13-4-6-15(7-5-13)19-10-12(9-16(20)21)8-14(18)11-19/h4-7,12,14H,8-11,18H2,1-3H3,(H,20,21). The molecule has 1 aliphatic rings. The van der Waals surface area contributed by atoms with Gasteiger partial charge in [0.2, 0.25) is 0 Å². The SMILES string of the molecule is CC(C)(C)c1ccc(N2CC(N)CC(CC(=O)O)C2)cc1. The van der Waals surface area contributed by atoms with Crippen molar-refractivity contribution in [3.63, 3.8) is 0 Å². The van der Waals surface area contributed by atoms with Gasteiger partial charge >= 0.3 is 5.97 Å². The maximum atomic E-state index is 10.9. The van der Waals surface area contributed by atoms with Crippen molar-refractivity contribution >= 4 is 11.7 Å². The Kier molecular flexibility index (Phi) is 4.57. The van der Waals surface area contributed by atoms with E-state index in [0.717, 1.165) is 25.2 Å². The van der Waals surface area contributed by atoms with Crippen LogP contribution in [0.1, 0.15) is 39.2 Å². The van der Waals surface area contributed by atoms with Crippen LogP contribution >= 0.6 is 0 Å². The average molecular weight is 290 g/mol. The number of hydrogen-bond acceptors (Lipinski definition) is 3. The van der Waals surface area contributed by atoms with Crippen molar-refractivity contribution in [2.45, 2.75) is 45.1 Å². The summed E-state index contributed by atoms with van der Waals surface area (Å²) in [5, 5.41) is 8.98. The Morgan fingerprint density at radius 3 is 2.43 bits per heavy atom. The third-order valence-corrected chi connectivity index (χ3v) is 4.13. The van der Waals surface area contributed by atoms with E-state index in [4.69, 9.17) is 10.8 Å². The monoisotopic (exact) mass is 290 g/mol. The Hall–Kier alpha value is -1.55. The van der Waals surface area contributed by atoms with Crippen LogP contribution in [0.2, 0.25) is 0 Å². The number of nitrogens with two attached hydrogens (primary N) is 1. The predicted octanol–water partition coefficient (Wildman–Crippen LogP) is 2.61. The molecule has 0 spiro atoms. The second-order valence-electron chi connectivity index (χ2n) is 7.16. The minimum Gasteiger partial charge on any atom is -0.481 e. The van der Waals surface area contributed by atoms with Crippen LogP contribution in [0.5, 0.6) is 0 Å². The molecule has 1 fully saturated rings. The molecule has 1 aliphatic heterocycles. The summed E-state index contributed by atoms with van der Waals surface area (Å²) in [6, 6.07) is 8.60. The van der Waals surface area contributed by atoms with E-state index in [1.807, 2.05) is 0 Å². The van der Waals surface area contributed by atoms with Crippen molar-refractivity contribution in [3.8, 4) is 0 Å². The molecule has 4 nitrogen and oxygen atoms in total. The molecule has 2 atom stereocenters. The molecule has 4 heteroatoms. The zero-order valence-corrected chi connectivity index (χ0v) is 13.2. The molecule has 1 aromatic carbocycles. The summed E-state index contributed by atoms with van der Waals surface area (Å²) >= 11 is 0. The Balaban J connectivity index is 2.11. The molecular formula is C17H26N2O2. The van der Waals surface area contributed by atoms with Gasteiger partial charge in [-0.15, -0.1) is 0 Å². The van der Waals surface area contributed by atoms with Gasteiger partial charge in [0, 0.05) is 31.2 Å². The fraction of sp³-hybridized carbons (Fsp3) is 0.588. The third kappa shape index (κ3) is 4.21. The summed E-state index contributed by atoms with van der Waals surface area (Å²) in [5.74, 6) is -0.606. The van der Waals surface area contributed by atoms with E-state index >= 15 is 0 Å². The minimum atomic E-state index is -0.739. The summed E-state index contributed by atoms with van der Waals surface area (Å²) in [6.07, 6.45) is 0.993. The van der Waals surface area contributed by atoms with Gasteiger partial charge in [-0.05, 0) is 35.4 Å². The van der Waals surface area contributed by atoms with Crippen molar-refractivity contribution in [1.82, 2.24) is 0 Å². The third-order valence-electron chi connectivity index (χ3n) is 4.13. The van der Waals surface area contributed by atoms with E-state index in [1.165, 1.54) is 5.56 Å². The van der Waals surface area contributed by atoms with Crippen LogP contribution in [-0.4, -0.2) is 30.2 Å². The highest BCUT2D eigenvalue weighted by molar-refractivity contribution is 5.67. The first kappa shape index (κ1) is 15.8. The summed E-state index contributed by atoms with van der Waals surface area (Å²) in [5.41, 5.74) is 8.67. The van der Waals surface area contributed by atoms with Gasteiger partial charge < -0.3 is 15.7 Å². The molecule has 21 heavy (non-hydrogen) atoms. The number of aliphatic carboxylic acids is 1. The first-order valence-electron chi connectivity index (χ1n) is 7.58. The van der Waals surface area contributed by atoms with E-state index in [-0.39, 0.29) is 23.8 Å². The normalized spacial score (nSPS) is 23.1. The second kappa shape index (κ2) is 6.06. The topological polar surface area (TPSA) is 66.6 Å². The largest absolute Gasteiger partial charge is 0.481 e. The number of anilines is 1. The van der Waals surface area contributed by atoms with E-state index in [0.29, 0.717) is 0 Å². The number of benzene rings is 1. The van der Waals surface area contributed by atoms with E-state index in [9.17, 15) is 4.79 Å². The predicted molar refractivity (Wildman–Crippen MR) is 85.7 cm³/mol. The highest BCUT2D eigenvalue weighted by Gasteiger charge is 2.27. The van der Waals surface area contributed by atoms with Crippen LogP contribution in [0.25, 0.3) is 0 Å². The molecule has 3 N–H and O–H groups in total. The van der Waals surface area contributed by atoms with E-state index in [1.54, 1.807) is 0 Å². The summed E-state index contributed by atoms with van der Waals surface area (Å²) < 4.78 is 0. The van der Waals surface area contributed by atoms with E-state index in [2.05, 4.69) is 49.9 Å². The average Bonchev–Trinajstić information content (AvgIpc) is 2.36.